The molecule has 0 saturated heterocycles. The lowest BCUT2D eigenvalue weighted by molar-refractivity contribution is -0.133. The number of halogens is 1. The summed E-state index contributed by atoms with van der Waals surface area (Å²) in [7, 11) is 1.57. The van der Waals surface area contributed by atoms with Crippen LogP contribution in [-0.2, 0) is 4.79 Å². The van der Waals surface area contributed by atoms with Crippen molar-refractivity contribution < 1.29 is 23.4 Å². The average molecular weight is 389 g/mol. The number of carbonyl (C=O) groups excluding carboxylic acids is 1. The molecule has 27 heavy (non-hydrogen) atoms. The normalized spacial score (nSPS) is 11.9. The van der Waals surface area contributed by atoms with Gasteiger partial charge in [0.2, 0.25) is 11.2 Å². The van der Waals surface area contributed by atoms with Crippen LogP contribution < -0.4 is 19.6 Å². The van der Waals surface area contributed by atoms with Crippen LogP contribution in [0.4, 0.5) is 0 Å². The number of hydrogen-bond donors (Lipinski definition) is 0. The van der Waals surface area contributed by atoms with Gasteiger partial charge < -0.3 is 18.6 Å². The van der Waals surface area contributed by atoms with Crippen LogP contribution in [0, 0.1) is 6.92 Å². The zero-order valence-electron chi connectivity index (χ0n) is 14.9. The molecule has 3 rings (SSSR count). The Hall–Kier alpha value is -2.99. The van der Waals surface area contributed by atoms with E-state index in [1.165, 1.54) is 25.1 Å². The van der Waals surface area contributed by atoms with Crippen molar-refractivity contribution >= 4 is 28.5 Å². The third-order valence-corrected chi connectivity index (χ3v) is 3.99. The minimum absolute atomic E-state index is 0.0896. The summed E-state index contributed by atoms with van der Waals surface area (Å²) in [5.74, 6) is 1.20. The smallest absolute Gasteiger partial charge is 0.329 e. The van der Waals surface area contributed by atoms with Crippen LogP contribution >= 0.6 is 11.6 Å². The summed E-state index contributed by atoms with van der Waals surface area (Å²) in [4.78, 5) is 24.4. The van der Waals surface area contributed by atoms with E-state index in [9.17, 15) is 9.59 Å². The Labute approximate surface area is 160 Å². The maximum absolute atomic E-state index is 12.8. The molecule has 0 aliphatic rings. The van der Waals surface area contributed by atoms with E-state index in [0.29, 0.717) is 22.6 Å². The van der Waals surface area contributed by atoms with E-state index in [1.54, 1.807) is 38.3 Å². The number of alkyl halides is 1. The maximum atomic E-state index is 12.8. The van der Waals surface area contributed by atoms with Gasteiger partial charge in [0.1, 0.15) is 34.0 Å². The van der Waals surface area contributed by atoms with E-state index in [0.717, 1.165) is 0 Å². The largest absolute Gasteiger partial charge is 0.497 e. The lowest BCUT2D eigenvalue weighted by Gasteiger charge is -2.10. The van der Waals surface area contributed by atoms with Crippen molar-refractivity contribution in [3.8, 4) is 23.0 Å². The second-order valence-electron chi connectivity index (χ2n) is 5.79. The Kier molecular flexibility index (Phi) is 5.37. The Morgan fingerprint density at radius 1 is 1.07 bits per heavy atom. The van der Waals surface area contributed by atoms with Gasteiger partial charge in [0.05, 0.1) is 12.5 Å². The highest BCUT2D eigenvalue weighted by atomic mass is 35.5. The minimum Gasteiger partial charge on any atom is -0.497 e. The van der Waals surface area contributed by atoms with E-state index in [2.05, 4.69) is 0 Å². The quantitative estimate of drug-likeness (QED) is 0.365. The molecule has 1 heterocycles. The van der Waals surface area contributed by atoms with E-state index in [1.807, 2.05) is 0 Å². The molecule has 0 N–H and O–H groups in total. The van der Waals surface area contributed by atoms with Gasteiger partial charge in [-0.25, -0.2) is 0 Å². The summed E-state index contributed by atoms with van der Waals surface area (Å²) >= 11 is 5.69. The van der Waals surface area contributed by atoms with E-state index < -0.39 is 11.3 Å². The highest BCUT2D eigenvalue weighted by Gasteiger charge is 2.16. The number of methoxy groups -OCH3 is 1. The standard InChI is InChI=1S/C20H17ClO6/c1-11(21)20(23)27-15-8-9-16-17(10-15)25-12(2)19(18(16)22)26-14-6-4-13(24-3)5-7-14/h4-11H,1-3H3. The molecule has 1 aromatic heterocycles. The predicted molar refractivity (Wildman–Crippen MR) is 101 cm³/mol. The molecular weight excluding hydrogens is 372 g/mol. The number of ether oxygens (including phenoxy) is 3. The minimum atomic E-state index is -0.783. The summed E-state index contributed by atoms with van der Waals surface area (Å²) in [6, 6.07) is 11.3. The molecule has 0 aliphatic carbocycles. The maximum Gasteiger partial charge on any atom is 0.329 e. The van der Waals surface area contributed by atoms with E-state index in [-0.39, 0.29) is 22.5 Å². The van der Waals surface area contributed by atoms with Crippen molar-refractivity contribution in [3.05, 3.63) is 58.4 Å². The highest BCUT2D eigenvalue weighted by molar-refractivity contribution is 6.29. The predicted octanol–water partition coefficient (Wildman–Crippen LogP) is 4.44. The van der Waals surface area contributed by atoms with Crippen LogP contribution in [0.15, 0.2) is 51.7 Å². The fourth-order valence-corrected chi connectivity index (χ4v) is 2.45. The van der Waals surface area contributed by atoms with Crippen molar-refractivity contribution in [2.45, 2.75) is 19.2 Å². The number of hydrogen-bond acceptors (Lipinski definition) is 6. The number of benzene rings is 2. The van der Waals surface area contributed by atoms with Gasteiger partial charge >= 0.3 is 5.97 Å². The molecule has 6 nitrogen and oxygen atoms in total. The van der Waals surface area contributed by atoms with Crippen molar-refractivity contribution in [3.63, 3.8) is 0 Å². The summed E-state index contributed by atoms with van der Waals surface area (Å²) in [6.45, 7) is 3.14. The molecular formula is C20H17ClO6. The molecule has 0 saturated carbocycles. The van der Waals surface area contributed by atoms with Crippen LogP contribution in [0.3, 0.4) is 0 Å². The number of rotatable bonds is 5. The topological polar surface area (TPSA) is 75.0 Å². The third kappa shape index (κ3) is 4.06. The molecule has 1 atom stereocenters. The van der Waals surface area contributed by atoms with Crippen LogP contribution in [0.5, 0.6) is 23.0 Å². The SMILES string of the molecule is COc1ccc(Oc2c(C)oc3cc(OC(=O)C(C)Cl)ccc3c2=O)cc1. The molecule has 3 aromatic rings. The number of aryl methyl sites for hydroxylation is 1. The van der Waals surface area contributed by atoms with Crippen molar-refractivity contribution in [2.75, 3.05) is 7.11 Å². The van der Waals surface area contributed by atoms with Crippen molar-refractivity contribution in [2.24, 2.45) is 0 Å². The third-order valence-electron chi connectivity index (χ3n) is 3.81. The first-order valence-corrected chi connectivity index (χ1v) is 8.58. The first-order chi connectivity index (χ1) is 12.9. The van der Waals surface area contributed by atoms with E-state index in [4.69, 9.17) is 30.2 Å². The van der Waals surface area contributed by atoms with Gasteiger partial charge in [0, 0.05) is 6.07 Å². The molecule has 7 heteroatoms. The Balaban J connectivity index is 1.95. The molecule has 2 aromatic carbocycles. The van der Waals surface area contributed by atoms with Crippen molar-refractivity contribution in [1.82, 2.24) is 0 Å². The summed E-state index contributed by atoms with van der Waals surface area (Å²) in [5, 5.41) is -0.474. The lowest BCUT2D eigenvalue weighted by Crippen LogP contribution is -2.17. The Morgan fingerprint density at radius 3 is 2.33 bits per heavy atom. The summed E-state index contributed by atoms with van der Waals surface area (Å²) < 4.78 is 21.6. The van der Waals surface area contributed by atoms with Crippen LogP contribution in [-0.4, -0.2) is 18.5 Å². The van der Waals surface area contributed by atoms with Gasteiger partial charge in [-0.15, -0.1) is 11.6 Å². The van der Waals surface area contributed by atoms with Crippen LogP contribution in [0.1, 0.15) is 12.7 Å². The molecule has 140 valence electrons. The fourth-order valence-electron chi connectivity index (χ4n) is 2.41. The molecule has 0 amide bonds. The van der Waals surface area contributed by atoms with Gasteiger partial charge in [0.15, 0.2) is 0 Å². The zero-order valence-corrected chi connectivity index (χ0v) is 15.7. The highest BCUT2D eigenvalue weighted by Crippen LogP contribution is 2.28. The lowest BCUT2D eigenvalue weighted by atomic mass is 10.2. The van der Waals surface area contributed by atoms with Crippen LogP contribution in [0.25, 0.3) is 11.0 Å². The molecule has 0 aliphatic heterocycles. The second kappa shape index (κ2) is 7.72. The van der Waals surface area contributed by atoms with Crippen molar-refractivity contribution in [1.29, 1.82) is 0 Å². The van der Waals surface area contributed by atoms with Crippen LogP contribution in [0.2, 0.25) is 0 Å². The molecule has 0 fully saturated rings. The zero-order chi connectivity index (χ0) is 19.6. The Bertz CT molecular complexity index is 1040. The molecule has 0 spiro atoms. The van der Waals surface area contributed by atoms with Gasteiger partial charge in [-0.2, -0.15) is 0 Å². The van der Waals surface area contributed by atoms with Gasteiger partial charge in [-0.3, -0.25) is 9.59 Å². The number of carbonyl (C=O) groups is 1. The number of fused-ring (bicyclic) bond motifs is 1. The average Bonchev–Trinajstić information content (AvgIpc) is 2.65. The van der Waals surface area contributed by atoms with Gasteiger partial charge in [-0.1, -0.05) is 0 Å². The summed E-state index contributed by atoms with van der Waals surface area (Å²) in [5.41, 5.74) is -0.0414. The van der Waals surface area contributed by atoms with E-state index >= 15 is 0 Å². The second-order valence-corrected chi connectivity index (χ2v) is 6.44. The van der Waals surface area contributed by atoms with Gasteiger partial charge in [0.25, 0.3) is 0 Å². The van der Waals surface area contributed by atoms with Gasteiger partial charge in [-0.05, 0) is 50.2 Å². The first kappa shape index (κ1) is 18.8. The molecule has 1 unspecified atom stereocenters. The number of esters is 1. The monoisotopic (exact) mass is 388 g/mol. The molecule has 0 bridgehead atoms. The Morgan fingerprint density at radius 2 is 1.70 bits per heavy atom. The summed E-state index contributed by atoms with van der Waals surface area (Å²) in [6.07, 6.45) is 0. The fraction of sp³-hybridized carbons (Fsp3) is 0.200. The molecule has 0 radical (unpaired) electrons. The first-order valence-electron chi connectivity index (χ1n) is 8.14.